The molecule has 0 aromatic heterocycles. The predicted octanol–water partition coefficient (Wildman–Crippen LogP) is 1.46. The number of hydrogen-bond acceptors (Lipinski definition) is 1. The van der Waals surface area contributed by atoms with Crippen molar-refractivity contribution in [3.05, 3.63) is 34.9 Å². The van der Waals surface area contributed by atoms with Crippen molar-refractivity contribution in [3.8, 4) is 0 Å². The van der Waals surface area contributed by atoms with Gasteiger partial charge in [0.15, 0.2) is 0 Å². The molecule has 2 rings (SSSR count). The van der Waals surface area contributed by atoms with E-state index in [4.69, 9.17) is 0 Å². The van der Waals surface area contributed by atoms with Crippen LogP contribution in [0.3, 0.4) is 0 Å². The van der Waals surface area contributed by atoms with Gasteiger partial charge in [0.05, 0.1) is 14.1 Å². The Hall–Kier alpha value is -0.570. The van der Waals surface area contributed by atoms with Gasteiger partial charge in [0.25, 0.3) is 0 Å². The maximum Gasteiger partial charge on any atom is 0.118 e. The Labute approximate surface area is 155 Å². The maximum atomic E-state index is 11.0. The van der Waals surface area contributed by atoms with E-state index in [1.807, 2.05) is 0 Å². The molecule has 3 heteroatoms. The van der Waals surface area contributed by atoms with Gasteiger partial charge in [-0.25, -0.2) is 0 Å². The molecule has 1 N–H and O–H groups in total. The molecule has 138 valence electrons. The van der Waals surface area contributed by atoms with Gasteiger partial charge in [-0.1, -0.05) is 37.6 Å². The highest BCUT2D eigenvalue weighted by Gasteiger charge is 2.48. The second kappa shape index (κ2) is 7.76. The summed E-state index contributed by atoms with van der Waals surface area (Å²) < 4.78 is 0.861. The van der Waals surface area contributed by atoms with E-state index in [2.05, 4.69) is 66.9 Å². The third kappa shape index (κ3) is 4.74. The predicted molar refractivity (Wildman–Crippen MR) is 98.3 cm³/mol. The maximum absolute atomic E-state index is 11.0. The highest BCUT2D eigenvalue weighted by atomic mass is 35.5. The first-order chi connectivity index (χ1) is 10.5. The van der Waals surface area contributed by atoms with E-state index in [1.165, 1.54) is 16.7 Å². The van der Waals surface area contributed by atoms with Crippen molar-refractivity contribution < 1.29 is 22.0 Å². The van der Waals surface area contributed by atoms with E-state index in [9.17, 15) is 5.11 Å². The summed E-state index contributed by atoms with van der Waals surface area (Å²) in [5.74, 6) is 1.44. The summed E-state index contributed by atoms with van der Waals surface area (Å²) in [5, 5.41) is 11.0. The van der Waals surface area contributed by atoms with Gasteiger partial charge in [0.2, 0.25) is 0 Å². The monoisotopic (exact) mass is 353 g/mol. The first-order valence-electron chi connectivity index (χ1n) is 9.14. The number of aliphatic hydroxyl groups is 1. The van der Waals surface area contributed by atoms with Crippen LogP contribution >= 0.6 is 0 Å². The fourth-order valence-electron chi connectivity index (χ4n) is 4.52. The van der Waals surface area contributed by atoms with Crippen LogP contribution in [0.5, 0.6) is 0 Å². The Morgan fingerprint density at radius 3 is 2.42 bits per heavy atom. The van der Waals surface area contributed by atoms with Gasteiger partial charge in [-0.05, 0) is 51.0 Å². The molecule has 1 aliphatic rings. The number of likely N-dealkylation sites (N-methyl/N-ethyl adjacent to an activating group) is 1. The molecule has 2 nitrogen and oxygen atoms in total. The van der Waals surface area contributed by atoms with Gasteiger partial charge in [0.1, 0.15) is 18.2 Å². The molecule has 0 amide bonds. The third-order valence-corrected chi connectivity index (χ3v) is 6.13. The summed E-state index contributed by atoms with van der Waals surface area (Å²) >= 11 is 0. The molecular formula is C21H36ClNO. The SMILES string of the molecule is Cc1ccc(C[N+](C)(C)C2CC(C(C)C)CCC2(C)O)c(C)c1.[Cl-]. The highest BCUT2D eigenvalue weighted by Crippen LogP contribution is 2.40. The zero-order valence-corrected chi connectivity index (χ0v) is 17.3. The number of halogens is 1. The first-order valence-corrected chi connectivity index (χ1v) is 9.14. The average molecular weight is 354 g/mol. The molecule has 0 radical (unpaired) electrons. The van der Waals surface area contributed by atoms with Crippen LogP contribution in [0.1, 0.15) is 56.7 Å². The topological polar surface area (TPSA) is 20.2 Å². The lowest BCUT2D eigenvalue weighted by atomic mass is 9.71. The highest BCUT2D eigenvalue weighted by molar-refractivity contribution is 5.29. The molecule has 0 saturated heterocycles. The third-order valence-electron chi connectivity index (χ3n) is 6.13. The van der Waals surface area contributed by atoms with Crippen LogP contribution in [0.4, 0.5) is 0 Å². The number of aryl methyl sites for hydroxylation is 2. The van der Waals surface area contributed by atoms with E-state index >= 15 is 0 Å². The summed E-state index contributed by atoms with van der Waals surface area (Å²) in [6.07, 6.45) is 3.21. The second-order valence-electron chi connectivity index (χ2n) is 9.02. The summed E-state index contributed by atoms with van der Waals surface area (Å²) in [4.78, 5) is 0. The zero-order chi connectivity index (χ0) is 17.4. The number of nitrogens with zero attached hydrogens (tertiary/aromatic N) is 1. The molecule has 0 bridgehead atoms. The number of benzene rings is 1. The lowest BCUT2D eigenvalue weighted by molar-refractivity contribution is -0.936. The fourth-order valence-corrected chi connectivity index (χ4v) is 4.52. The minimum atomic E-state index is -0.562. The number of quaternary nitrogens is 1. The van der Waals surface area contributed by atoms with Crippen LogP contribution in [0.2, 0.25) is 0 Å². The molecular weight excluding hydrogens is 318 g/mol. The van der Waals surface area contributed by atoms with Crippen molar-refractivity contribution >= 4 is 0 Å². The molecule has 1 aromatic carbocycles. The molecule has 1 fully saturated rings. The zero-order valence-electron chi connectivity index (χ0n) is 16.6. The van der Waals surface area contributed by atoms with Crippen molar-refractivity contribution in [2.45, 2.75) is 72.1 Å². The molecule has 0 aliphatic heterocycles. The molecule has 24 heavy (non-hydrogen) atoms. The Bertz CT molecular complexity index is 551. The largest absolute Gasteiger partial charge is 1.00 e. The molecule has 0 spiro atoms. The van der Waals surface area contributed by atoms with Crippen molar-refractivity contribution in [3.63, 3.8) is 0 Å². The van der Waals surface area contributed by atoms with Crippen LogP contribution in [-0.2, 0) is 6.54 Å². The van der Waals surface area contributed by atoms with Gasteiger partial charge in [-0.3, -0.25) is 0 Å². The number of rotatable bonds is 4. The van der Waals surface area contributed by atoms with Crippen LogP contribution in [0.25, 0.3) is 0 Å². The fraction of sp³-hybridized carbons (Fsp3) is 0.714. The second-order valence-corrected chi connectivity index (χ2v) is 9.02. The minimum absolute atomic E-state index is 0. The Balaban J connectivity index is 0.00000288. The molecule has 3 atom stereocenters. The Morgan fingerprint density at radius 2 is 1.88 bits per heavy atom. The standard InChI is InChI=1S/C21H36NO.ClH/c1-15(2)18-10-11-21(5,23)20(13-18)22(6,7)14-19-9-8-16(3)12-17(19)4;/h8-9,12,15,18,20,23H,10-11,13-14H2,1-7H3;1H/q+1;/p-1. The van der Waals surface area contributed by atoms with Crippen molar-refractivity contribution in [2.75, 3.05) is 14.1 Å². The van der Waals surface area contributed by atoms with Crippen LogP contribution in [0, 0.1) is 25.7 Å². The summed E-state index contributed by atoms with van der Waals surface area (Å²) in [5.41, 5.74) is 3.53. The van der Waals surface area contributed by atoms with Crippen molar-refractivity contribution in [1.82, 2.24) is 0 Å². The Kier molecular flexibility index (Phi) is 6.94. The summed E-state index contributed by atoms with van der Waals surface area (Å²) in [7, 11) is 4.59. The quantitative estimate of drug-likeness (QED) is 0.812. The van der Waals surface area contributed by atoms with Gasteiger partial charge < -0.3 is 22.0 Å². The van der Waals surface area contributed by atoms with E-state index in [-0.39, 0.29) is 12.4 Å². The van der Waals surface area contributed by atoms with E-state index in [1.54, 1.807) is 0 Å². The van der Waals surface area contributed by atoms with Gasteiger partial charge in [-0.15, -0.1) is 0 Å². The average Bonchev–Trinajstić information content (AvgIpc) is 2.41. The molecule has 1 aromatic rings. The van der Waals surface area contributed by atoms with Crippen LogP contribution < -0.4 is 12.4 Å². The molecule has 0 heterocycles. The van der Waals surface area contributed by atoms with Gasteiger partial charge >= 0.3 is 0 Å². The van der Waals surface area contributed by atoms with Crippen molar-refractivity contribution in [2.24, 2.45) is 11.8 Å². The molecule has 1 aliphatic carbocycles. The molecule has 1 saturated carbocycles. The van der Waals surface area contributed by atoms with E-state index in [0.29, 0.717) is 12.0 Å². The van der Waals surface area contributed by atoms with E-state index < -0.39 is 5.60 Å². The molecule has 3 unspecified atom stereocenters. The van der Waals surface area contributed by atoms with E-state index in [0.717, 1.165) is 36.2 Å². The first kappa shape index (κ1) is 21.5. The summed E-state index contributed by atoms with van der Waals surface area (Å²) in [6, 6.07) is 7.04. The number of hydrogen-bond donors (Lipinski definition) is 1. The summed E-state index contributed by atoms with van der Waals surface area (Å²) in [6.45, 7) is 12.0. The minimum Gasteiger partial charge on any atom is -1.00 e. The van der Waals surface area contributed by atoms with Crippen molar-refractivity contribution in [1.29, 1.82) is 0 Å². The smallest absolute Gasteiger partial charge is 0.118 e. The Morgan fingerprint density at radius 1 is 1.25 bits per heavy atom. The lowest BCUT2D eigenvalue weighted by Gasteiger charge is -2.50. The normalized spacial score (nSPS) is 27.9. The van der Waals surface area contributed by atoms with Crippen LogP contribution in [0.15, 0.2) is 18.2 Å². The van der Waals surface area contributed by atoms with Gasteiger partial charge in [-0.2, -0.15) is 0 Å². The lowest BCUT2D eigenvalue weighted by Crippen LogP contribution is -3.00. The van der Waals surface area contributed by atoms with Crippen LogP contribution in [-0.4, -0.2) is 35.3 Å². The van der Waals surface area contributed by atoms with Gasteiger partial charge in [0, 0.05) is 12.0 Å².